The van der Waals surface area contributed by atoms with E-state index in [9.17, 15) is 4.39 Å². The summed E-state index contributed by atoms with van der Waals surface area (Å²) in [4.78, 5) is 0. The molecule has 20 heavy (non-hydrogen) atoms. The molecule has 0 fully saturated rings. The Labute approximate surface area is 119 Å². The maximum atomic E-state index is 13.3. The summed E-state index contributed by atoms with van der Waals surface area (Å²) in [5.74, 6) is 0.681. The van der Waals surface area contributed by atoms with Crippen LogP contribution in [0.4, 0.5) is 4.39 Å². The van der Waals surface area contributed by atoms with Crippen LogP contribution in [0.1, 0.15) is 22.7 Å². The Balaban J connectivity index is 2.24. The van der Waals surface area contributed by atoms with Crippen molar-refractivity contribution in [3.8, 4) is 5.75 Å². The third-order valence-electron chi connectivity index (χ3n) is 3.51. The molecule has 2 aromatic rings. The lowest BCUT2D eigenvalue weighted by Crippen LogP contribution is -2.19. The predicted molar refractivity (Wildman–Crippen MR) is 79.6 cm³/mol. The molecule has 106 valence electrons. The van der Waals surface area contributed by atoms with Crippen molar-refractivity contribution in [1.82, 2.24) is 5.32 Å². The highest BCUT2D eigenvalue weighted by Crippen LogP contribution is 2.25. The van der Waals surface area contributed by atoms with Crippen LogP contribution in [-0.4, -0.2) is 14.2 Å². The number of hydrogen-bond donors (Lipinski definition) is 1. The van der Waals surface area contributed by atoms with Crippen molar-refractivity contribution in [3.63, 3.8) is 0 Å². The molecule has 1 atom stereocenters. The number of benzene rings is 2. The van der Waals surface area contributed by atoms with Crippen molar-refractivity contribution in [3.05, 3.63) is 65.0 Å². The van der Waals surface area contributed by atoms with Crippen LogP contribution in [0, 0.1) is 12.7 Å². The van der Waals surface area contributed by atoms with Gasteiger partial charge >= 0.3 is 0 Å². The number of aryl methyl sites for hydroxylation is 1. The van der Waals surface area contributed by atoms with E-state index in [2.05, 4.69) is 11.4 Å². The molecule has 0 heterocycles. The fourth-order valence-corrected chi connectivity index (χ4v) is 2.34. The van der Waals surface area contributed by atoms with Gasteiger partial charge in [0.15, 0.2) is 0 Å². The molecule has 2 nitrogen and oxygen atoms in total. The topological polar surface area (TPSA) is 21.3 Å². The summed E-state index contributed by atoms with van der Waals surface area (Å²) in [6.45, 7) is 2.02. The lowest BCUT2D eigenvalue weighted by molar-refractivity contribution is 0.410. The van der Waals surface area contributed by atoms with Gasteiger partial charge in [0, 0.05) is 6.04 Å². The smallest absolute Gasteiger partial charge is 0.123 e. The summed E-state index contributed by atoms with van der Waals surface area (Å²) in [5.41, 5.74) is 3.22. The lowest BCUT2D eigenvalue weighted by Gasteiger charge is -2.18. The summed E-state index contributed by atoms with van der Waals surface area (Å²) in [6.07, 6.45) is 0.737. The number of rotatable bonds is 5. The van der Waals surface area contributed by atoms with Gasteiger partial charge in [0.05, 0.1) is 7.11 Å². The molecule has 0 amide bonds. The molecule has 0 bridgehead atoms. The molecular weight excluding hydrogens is 253 g/mol. The molecule has 0 spiro atoms. The maximum Gasteiger partial charge on any atom is 0.123 e. The molecule has 1 N–H and O–H groups in total. The van der Waals surface area contributed by atoms with Crippen molar-refractivity contribution < 1.29 is 9.13 Å². The van der Waals surface area contributed by atoms with Gasteiger partial charge in [0.25, 0.3) is 0 Å². The molecule has 3 heteroatoms. The maximum absolute atomic E-state index is 13.3. The molecule has 0 aromatic heterocycles. The van der Waals surface area contributed by atoms with Gasteiger partial charge in [0.1, 0.15) is 11.6 Å². The predicted octanol–water partition coefficient (Wildman–Crippen LogP) is 3.65. The van der Waals surface area contributed by atoms with Gasteiger partial charge in [-0.25, -0.2) is 4.39 Å². The van der Waals surface area contributed by atoms with Crippen molar-refractivity contribution in [2.24, 2.45) is 0 Å². The van der Waals surface area contributed by atoms with Crippen LogP contribution in [-0.2, 0) is 6.42 Å². The average molecular weight is 273 g/mol. The summed E-state index contributed by atoms with van der Waals surface area (Å²) in [5, 5.41) is 3.28. The second-order valence-electron chi connectivity index (χ2n) is 4.90. The number of ether oxygens (including phenoxy) is 1. The van der Waals surface area contributed by atoms with Gasteiger partial charge in [-0.05, 0) is 55.3 Å². The Morgan fingerprint density at radius 1 is 1.20 bits per heavy atom. The second-order valence-corrected chi connectivity index (χ2v) is 4.90. The third-order valence-corrected chi connectivity index (χ3v) is 3.51. The van der Waals surface area contributed by atoms with E-state index >= 15 is 0 Å². The Bertz CT molecular complexity index is 583. The Morgan fingerprint density at radius 2 is 2.00 bits per heavy atom. The Morgan fingerprint density at radius 3 is 2.65 bits per heavy atom. The highest BCUT2D eigenvalue weighted by molar-refractivity contribution is 5.38. The van der Waals surface area contributed by atoms with Gasteiger partial charge in [-0.1, -0.05) is 24.3 Å². The standard InChI is InChI=1S/C17H20FNO/c1-12-7-8-14(11-17(12)20-3)16(19-2)10-13-5-4-6-15(18)9-13/h4-9,11,16,19H,10H2,1-3H3. The molecule has 0 aliphatic carbocycles. The van der Waals surface area contributed by atoms with Crippen LogP contribution < -0.4 is 10.1 Å². The minimum atomic E-state index is -0.196. The number of nitrogens with one attached hydrogen (secondary N) is 1. The first kappa shape index (κ1) is 14.5. The number of hydrogen-bond acceptors (Lipinski definition) is 2. The van der Waals surface area contributed by atoms with Gasteiger partial charge in [0.2, 0.25) is 0 Å². The number of likely N-dealkylation sites (N-methyl/N-ethyl adjacent to an activating group) is 1. The first-order chi connectivity index (χ1) is 9.63. The van der Waals surface area contributed by atoms with Gasteiger partial charge in [-0.3, -0.25) is 0 Å². The number of halogens is 1. The molecular formula is C17H20FNO. The van der Waals surface area contributed by atoms with Crippen molar-refractivity contribution in [2.45, 2.75) is 19.4 Å². The summed E-state index contributed by atoms with van der Waals surface area (Å²) >= 11 is 0. The first-order valence-electron chi connectivity index (χ1n) is 6.70. The van der Waals surface area contributed by atoms with E-state index in [0.29, 0.717) is 0 Å². The fraction of sp³-hybridized carbons (Fsp3) is 0.294. The normalized spacial score (nSPS) is 12.2. The molecule has 2 aromatic carbocycles. The van der Waals surface area contributed by atoms with Crippen molar-refractivity contribution in [1.29, 1.82) is 0 Å². The van der Waals surface area contributed by atoms with Crippen LogP contribution in [0.2, 0.25) is 0 Å². The van der Waals surface area contributed by atoms with Crippen LogP contribution in [0.25, 0.3) is 0 Å². The molecule has 0 saturated carbocycles. The quantitative estimate of drug-likeness (QED) is 0.898. The van der Waals surface area contributed by atoms with Gasteiger partial charge in [-0.15, -0.1) is 0 Å². The van der Waals surface area contributed by atoms with E-state index in [-0.39, 0.29) is 11.9 Å². The molecule has 1 unspecified atom stereocenters. The largest absolute Gasteiger partial charge is 0.496 e. The zero-order chi connectivity index (χ0) is 14.5. The molecule has 0 radical (unpaired) electrons. The summed E-state index contributed by atoms with van der Waals surface area (Å²) < 4.78 is 18.6. The van der Waals surface area contributed by atoms with E-state index in [1.807, 2.05) is 32.2 Å². The fourth-order valence-electron chi connectivity index (χ4n) is 2.34. The SMILES string of the molecule is CNC(Cc1cccc(F)c1)c1ccc(C)c(OC)c1. The van der Waals surface area contributed by atoms with E-state index in [0.717, 1.165) is 28.9 Å². The van der Waals surface area contributed by atoms with Crippen LogP contribution in [0.5, 0.6) is 5.75 Å². The highest BCUT2D eigenvalue weighted by atomic mass is 19.1. The first-order valence-corrected chi connectivity index (χ1v) is 6.70. The van der Waals surface area contributed by atoms with Crippen molar-refractivity contribution >= 4 is 0 Å². The van der Waals surface area contributed by atoms with Crippen LogP contribution >= 0.6 is 0 Å². The summed E-state index contributed by atoms with van der Waals surface area (Å²) in [7, 11) is 3.59. The second kappa shape index (κ2) is 6.53. The molecule has 0 aliphatic rings. The summed E-state index contributed by atoms with van der Waals surface area (Å²) in [6, 6.07) is 13.0. The molecule has 0 saturated heterocycles. The Kier molecular flexibility index (Phi) is 4.74. The minimum absolute atomic E-state index is 0.131. The average Bonchev–Trinajstić information content (AvgIpc) is 2.45. The highest BCUT2D eigenvalue weighted by Gasteiger charge is 2.12. The lowest BCUT2D eigenvalue weighted by atomic mass is 9.97. The number of methoxy groups -OCH3 is 1. The van der Waals surface area contributed by atoms with Gasteiger partial charge in [-0.2, -0.15) is 0 Å². The zero-order valence-electron chi connectivity index (χ0n) is 12.1. The van der Waals surface area contributed by atoms with E-state index < -0.39 is 0 Å². The monoisotopic (exact) mass is 273 g/mol. The van der Waals surface area contributed by atoms with E-state index in [1.165, 1.54) is 6.07 Å². The molecule has 2 rings (SSSR count). The molecule has 0 aliphatic heterocycles. The van der Waals surface area contributed by atoms with Crippen LogP contribution in [0.3, 0.4) is 0 Å². The van der Waals surface area contributed by atoms with Crippen molar-refractivity contribution in [2.75, 3.05) is 14.2 Å². The van der Waals surface area contributed by atoms with Gasteiger partial charge < -0.3 is 10.1 Å². The third kappa shape index (κ3) is 3.36. The minimum Gasteiger partial charge on any atom is -0.496 e. The zero-order valence-corrected chi connectivity index (χ0v) is 12.1. The Hall–Kier alpha value is -1.87. The van der Waals surface area contributed by atoms with E-state index in [4.69, 9.17) is 4.74 Å². The van der Waals surface area contributed by atoms with Crippen LogP contribution in [0.15, 0.2) is 42.5 Å². The van der Waals surface area contributed by atoms with E-state index in [1.54, 1.807) is 19.2 Å².